The highest BCUT2D eigenvalue weighted by Gasteiger charge is 2.23. The van der Waals surface area contributed by atoms with E-state index in [0.717, 1.165) is 15.7 Å². The first-order valence-electron chi connectivity index (χ1n) is 11.6. The topological polar surface area (TPSA) is 103 Å². The van der Waals surface area contributed by atoms with Gasteiger partial charge in [-0.25, -0.2) is 4.79 Å². The van der Waals surface area contributed by atoms with Gasteiger partial charge in [-0.2, -0.15) is 0 Å². The fraction of sp³-hybridized carbons (Fsp3) is 0.346. The largest absolute Gasteiger partial charge is 0.493 e. The van der Waals surface area contributed by atoms with Gasteiger partial charge in [-0.3, -0.25) is 19.1 Å². The lowest BCUT2D eigenvalue weighted by Crippen LogP contribution is -2.39. The number of methoxy groups -OCH3 is 1. The summed E-state index contributed by atoms with van der Waals surface area (Å²) in [7, 11) is 3.09. The number of carboxylic acids is 1. The standard InChI is InChI=1S/C26H29Cl2N3O6/c1-4-30(21(15-25(33)34)18-6-7-19(27)20(28)14-18)16-17-5-8-22(23(13-17)36-3)37-12-11-31-24(32)9-10-29(2)26(31)35/h5-10,13-14,21H,4,11-12,15-16H2,1-3H3,(H,33,34). The molecule has 2 aromatic carbocycles. The molecule has 1 N–H and O–H groups in total. The van der Waals surface area contributed by atoms with E-state index in [9.17, 15) is 19.5 Å². The summed E-state index contributed by atoms with van der Waals surface area (Å²) in [5.74, 6) is 0.0102. The number of aryl methyl sites for hydroxylation is 1. The summed E-state index contributed by atoms with van der Waals surface area (Å²) in [5, 5.41) is 10.3. The maximum atomic E-state index is 12.2. The Morgan fingerprint density at radius 2 is 1.84 bits per heavy atom. The van der Waals surface area contributed by atoms with Crippen LogP contribution in [0.15, 0.2) is 58.3 Å². The van der Waals surface area contributed by atoms with Crippen molar-refractivity contribution in [3.8, 4) is 11.5 Å². The monoisotopic (exact) mass is 549 g/mol. The number of halogens is 2. The maximum Gasteiger partial charge on any atom is 0.330 e. The number of aromatic nitrogens is 2. The number of aliphatic carboxylic acids is 1. The fourth-order valence-electron chi connectivity index (χ4n) is 4.02. The zero-order valence-corrected chi connectivity index (χ0v) is 22.3. The summed E-state index contributed by atoms with van der Waals surface area (Å²) in [6.07, 6.45) is 1.31. The van der Waals surface area contributed by atoms with Crippen molar-refractivity contribution in [1.29, 1.82) is 0 Å². The van der Waals surface area contributed by atoms with Crippen molar-refractivity contribution in [2.45, 2.75) is 32.5 Å². The molecule has 0 spiro atoms. The van der Waals surface area contributed by atoms with E-state index >= 15 is 0 Å². The highest BCUT2D eigenvalue weighted by molar-refractivity contribution is 6.42. The van der Waals surface area contributed by atoms with E-state index in [0.29, 0.717) is 34.6 Å². The van der Waals surface area contributed by atoms with Gasteiger partial charge in [0.2, 0.25) is 0 Å². The van der Waals surface area contributed by atoms with E-state index in [2.05, 4.69) is 0 Å². The van der Waals surface area contributed by atoms with E-state index in [1.54, 1.807) is 31.3 Å². The van der Waals surface area contributed by atoms with Gasteiger partial charge in [-0.05, 0) is 41.9 Å². The second kappa shape index (κ2) is 12.8. The second-order valence-electron chi connectivity index (χ2n) is 8.38. The van der Waals surface area contributed by atoms with Crippen LogP contribution in [0.5, 0.6) is 11.5 Å². The van der Waals surface area contributed by atoms with E-state index in [1.807, 2.05) is 24.0 Å². The number of carbonyl (C=O) groups is 1. The fourth-order valence-corrected chi connectivity index (χ4v) is 4.32. The third-order valence-electron chi connectivity index (χ3n) is 5.97. The van der Waals surface area contributed by atoms with Crippen LogP contribution in [0, 0.1) is 0 Å². The molecule has 0 saturated heterocycles. The van der Waals surface area contributed by atoms with Crippen molar-refractivity contribution < 1.29 is 19.4 Å². The lowest BCUT2D eigenvalue weighted by atomic mass is 10.0. The number of carboxylic acid groups (broad SMARTS) is 1. The Hall–Kier alpha value is -3.27. The molecule has 198 valence electrons. The molecule has 37 heavy (non-hydrogen) atoms. The normalized spacial score (nSPS) is 11.9. The zero-order valence-electron chi connectivity index (χ0n) is 20.8. The van der Waals surface area contributed by atoms with Crippen molar-refractivity contribution in [3.63, 3.8) is 0 Å². The van der Waals surface area contributed by atoms with Crippen LogP contribution < -0.4 is 20.7 Å². The van der Waals surface area contributed by atoms with Gasteiger partial charge in [0.15, 0.2) is 11.5 Å². The molecule has 0 bridgehead atoms. The molecule has 0 amide bonds. The SMILES string of the molecule is CCN(Cc1ccc(OCCn2c(=O)ccn(C)c2=O)c(OC)c1)C(CC(=O)O)c1ccc(Cl)c(Cl)c1. The van der Waals surface area contributed by atoms with Crippen molar-refractivity contribution in [2.24, 2.45) is 7.05 Å². The molecule has 0 fully saturated rings. The average Bonchev–Trinajstić information content (AvgIpc) is 2.87. The molecule has 1 unspecified atom stereocenters. The molecule has 0 saturated carbocycles. The van der Waals surface area contributed by atoms with Crippen LogP contribution in [0.1, 0.15) is 30.5 Å². The molecule has 0 aliphatic carbocycles. The van der Waals surface area contributed by atoms with Crippen LogP contribution in [0.3, 0.4) is 0 Å². The van der Waals surface area contributed by atoms with Crippen molar-refractivity contribution in [2.75, 3.05) is 20.3 Å². The summed E-state index contributed by atoms with van der Waals surface area (Å²) >= 11 is 12.3. The van der Waals surface area contributed by atoms with E-state index in [4.69, 9.17) is 32.7 Å². The molecule has 3 rings (SSSR count). The maximum absolute atomic E-state index is 12.2. The molecule has 9 nitrogen and oxygen atoms in total. The van der Waals surface area contributed by atoms with Gasteiger partial charge < -0.3 is 19.1 Å². The van der Waals surface area contributed by atoms with Gasteiger partial charge in [-0.1, -0.05) is 42.3 Å². The van der Waals surface area contributed by atoms with E-state index in [1.165, 1.54) is 23.9 Å². The summed E-state index contributed by atoms with van der Waals surface area (Å²) in [5.41, 5.74) is 0.824. The Morgan fingerprint density at radius 1 is 1.08 bits per heavy atom. The van der Waals surface area contributed by atoms with E-state index in [-0.39, 0.29) is 19.6 Å². The van der Waals surface area contributed by atoms with Crippen LogP contribution in [0.4, 0.5) is 0 Å². The average molecular weight is 550 g/mol. The van der Waals surface area contributed by atoms with Crippen LogP contribution in [0.25, 0.3) is 0 Å². The Kier molecular flexibility index (Phi) is 9.79. The molecule has 0 aliphatic heterocycles. The molecule has 0 radical (unpaired) electrons. The number of benzene rings is 2. The summed E-state index contributed by atoms with van der Waals surface area (Å²) in [4.78, 5) is 37.9. The first kappa shape index (κ1) is 28.3. The number of ether oxygens (including phenoxy) is 2. The Morgan fingerprint density at radius 3 is 2.49 bits per heavy atom. The quantitative estimate of drug-likeness (QED) is 0.364. The van der Waals surface area contributed by atoms with Gasteiger partial charge in [0.05, 0.1) is 30.1 Å². The first-order valence-corrected chi connectivity index (χ1v) is 12.4. The van der Waals surface area contributed by atoms with Gasteiger partial charge in [0, 0.05) is 31.9 Å². The lowest BCUT2D eigenvalue weighted by molar-refractivity contribution is -0.138. The third kappa shape index (κ3) is 7.15. The Bertz CT molecular complexity index is 1370. The third-order valence-corrected chi connectivity index (χ3v) is 6.71. The highest BCUT2D eigenvalue weighted by Crippen LogP contribution is 2.33. The van der Waals surface area contributed by atoms with Gasteiger partial charge in [0.1, 0.15) is 6.61 Å². The first-order chi connectivity index (χ1) is 17.6. The lowest BCUT2D eigenvalue weighted by Gasteiger charge is -2.30. The van der Waals surface area contributed by atoms with Gasteiger partial charge in [-0.15, -0.1) is 0 Å². The Balaban J connectivity index is 1.77. The van der Waals surface area contributed by atoms with Crippen molar-refractivity contribution in [3.05, 3.63) is 90.7 Å². The molecule has 1 heterocycles. The summed E-state index contributed by atoms with van der Waals surface area (Å²) in [6, 6.07) is 11.5. The predicted octanol–water partition coefficient (Wildman–Crippen LogP) is 3.98. The minimum Gasteiger partial charge on any atom is -0.493 e. The minimum atomic E-state index is -0.928. The number of hydrogen-bond acceptors (Lipinski definition) is 6. The smallest absolute Gasteiger partial charge is 0.330 e. The number of nitrogens with zero attached hydrogens (tertiary/aromatic N) is 3. The summed E-state index contributed by atoms with van der Waals surface area (Å²) in [6.45, 7) is 3.16. The van der Waals surface area contributed by atoms with Gasteiger partial charge >= 0.3 is 11.7 Å². The molecule has 1 atom stereocenters. The van der Waals surface area contributed by atoms with Gasteiger partial charge in [0.25, 0.3) is 5.56 Å². The molecular weight excluding hydrogens is 521 g/mol. The van der Waals surface area contributed by atoms with E-state index < -0.39 is 23.3 Å². The van der Waals surface area contributed by atoms with Crippen molar-refractivity contribution in [1.82, 2.24) is 14.0 Å². The molecule has 1 aromatic heterocycles. The predicted molar refractivity (Wildman–Crippen MR) is 142 cm³/mol. The number of hydrogen-bond donors (Lipinski definition) is 1. The molecular formula is C26H29Cl2N3O6. The minimum absolute atomic E-state index is 0.0847. The van der Waals surface area contributed by atoms with Crippen LogP contribution in [-0.4, -0.2) is 45.4 Å². The van der Waals surface area contributed by atoms with Crippen LogP contribution in [-0.2, 0) is 24.9 Å². The Labute approximate surface area is 224 Å². The molecule has 3 aromatic rings. The number of rotatable bonds is 12. The highest BCUT2D eigenvalue weighted by atomic mass is 35.5. The second-order valence-corrected chi connectivity index (χ2v) is 9.20. The van der Waals surface area contributed by atoms with Crippen LogP contribution in [0.2, 0.25) is 10.0 Å². The molecule has 11 heteroatoms. The summed E-state index contributed by atoms with van der Waals surface area (Å²) < 4.78 is 13.7. The molecule has 0 aliphatic rings. The van der Waals surface area contributed by atoms with Crippen LogP contribution >= 0.6 is 23.2 Å². The zero-order chi connectivity index (χ0) is 27.1. The van der Waals surface area contributed by atoms with Crippen molar-refractivity contribution >= 4 is 29.2 Å².